The van der Waals surface area contributed by atoms with Crippen molar-refractivity contribution in [3.8, 4) is 0 Å². The highest BCUT2D eigenvalue weighted by Gasteiger charge is 2.39. The van der Waals surface area contributed by atoms with Crippen molar-refractivity contribution in [1.82, 2.24) is 10.2 Å². The summed E-state index contributed by atoms with van der Waals surface area (Å²) >= 11 is 6.37. The number of halogens is 1. The van der Waals surface area contributed by atoms with Gasteiger partial charge in [-0.25, -0.2) is 9.59 Å². The predicted molar refractivity (Wildman–Crippen MR) is 79.4 cm³/mol. The first-order chi connectivity index (χ1) is 8.99. The molecule has 2 amide bonds. The third-order valence-electron chi connectivity index (χ3n) is 2.78. The van der Waals surface area contributed by atoms with Crippen LogP contribution in [0.25, 0.3) is 0 Å². The maximum absolute atomic E-state index is 12.1. The first kappa shape index (κ1) is 14.7. The molecule has 0 radical (unpaired) electrons. The van der Waals surface area contributed by atoms with Crippen LogP contribution in [0.2, 0.25) is 0 Å². The molecule has 2 heterocycles. The average molecular weight is 365 g/mol. The van der Waals surface area contributed by atoms with Crippen molar-refractivity contribution in [3.63, 3.8) is 0 Å². The second kappa shape index (κ2) is 6.15. The zero-order valence-electron chi connectivity index (χ0n) is 10.1. The standard InChI is InChI=1S/C11H13BrN2O3S2/c1-6-14(9(5-18-6)10(15)16)11(17)13-3-8-2-7(12)4-19-8/h2,4,6,9H,3,5H2,1H3,(H,13,17)(H,15,16). The Bertz CT molecular complexity index is 494. The van der Waals surface area contributed by atoms with Gasteiger partial charge < -0.3 is 10.4 Å². The Morgan fingerprint density at radius 3 is 2.95 bits per heavy atom. The van der Waals surface area contributed by atoms with Gasteiger partial charge in [0.15, 0.2) is 0 Å². The van der Waals surface area contributed by atoms with E-state index in [1.54, 1.807) is 11.3 Å². The van der Waals surface area contributed by atoms with Crippen molar-refractivity contribution in [2.45, 2.75) is 24.9 Å². The van der Waals surface area contributed by atoms with E-state index >= 15 is 0 Å². The molecule has 5 nitrogen and oxygen atoms in total. The van der Waals surface area contributed by atoms with E-state index in [1.807, 2.05) is 18.4 Å². The molecule has 8 heteroatoms. The van der Waals surface area contributed by atoms with Gasteiger partial charge in [-0.05, 0) is 28.9 Å². The number of nitrogens with zero attached hydrogens (tertiary/aromatic N) is 1. The van der Waals surface area contributed by atoms with Crippen molar-refractivity contribution < 1.29 is 14.7 Å². The molecule has 1 aliphatic heterocycles. The second-order valence-electron chi connectivity index (χ2n) is 4.08. The van der Waals surface area contributed by atoms with Crippen LogP contribution in [0, 0.1) is 0 Å². The number of carbonyl (C=O) groups is 2. The molecule has 19 heavy (non-hydrogen) atoms. The van der Waals surface area contributed by atoms with Gasteiger partial charge >= 0.3 is 12.0 Å². The second-order valence-corrected chi connectivity index (χ2v) is 7.34. The van der Waals surface area contributed by atoms with Gasteiger partial charge in [-0.2, -0.15) is 0 Å². The van der Waals surface area contributed by atoms with Gasteiger partial charge in [0.25, 0.3) is 0 Å². The smallest absolute Gasteiger partial charge is 0.327 e. The monoisotopic (exact) mass is 364 g/mol. The first-order valence-electron chi connectivity index (χ1n) is 5.62. The van der Waals surface area contributed by atoms with Crippen LogP contribution in [-0.2, 0) is 11.3 Å². The number of thioether (sulfide) groups is 1. The van der Waals surface area contributed by atoms with Crippen LogP contribution in [0.4, 0.5) is 4.79 Å². The predicted octanol–water partition coefficient (Wildman–Crippen LogP) is 2.57. The highest BCUT2D eigenvalue weighted by molar-refractivity contribution is 9.10. The number of carboxylic acids is 1. The molecule has 0 spiro atoms. The lowest BCUT2D eigenvalue weighted by Crippen LogP contribution is -2.49. The molecule has 1 aromatic rings. The van der Waals surface area contributed by atoms with Gasteiger partial charge in [-0.15, -0.1) is 23.1 Å². The Hall–Kier alpha value is -0.730. The first-order valence-corrected chi connectivity index (χ1v) is 8.34. The van der Waals surface area contributed by atoms with Crippen LogP contribution in [0.3, 0.4) is 0 Å². The lowest BCUT2D eigenvalue weighted by atomic mass is 10.3. The van der Waals surface area contributed by atoms with Crippen molar-refractivity contribution in [1.29, 1.82) is 0 Å². The van der Waals surface area contributed by atoms with Crippen molar-refractivity contribution >= 4 is 51.0 Å². The van der Waals surface area contributed by atoms with E-state index < -0.39 is 12.0 Å². The maximum Gasteiger partial charge on any atom is 0.327 e. The minimum Gasteiger partial charge on any atom is -0.480 e. The van der Waals surface area contributed by atoms with Gasteiger partial charge in [0.2, 0.25) is 0 Å². The SMILES string of the molecule is CC1SCC(C(=O)O)N1C(=O)NCc1cc(Br)cs1. The Labute approximate surface area is 127 Å². The summed E-state index contributed by atoms with van der Waals surface area (Å²) in [6.07, 6.45) is 0. The van der Waals surface area contributed by atoms with E-state index in [-0.39, 0.29) is 11.4 Å². The van der Waals surface area contributed by atoms with Crippen LogP contribution in [0.1, 0.15) is 11.8 Å². The Balaban J connectivity index is 1.96. The lowest BCUT2D eigenvalue weighted by molar-refractivity contribution is -0.141. The van der Waals surface area contributed by atoms with Gasteiger partial charge in [-0.3, -0.25) is 4.90 Å². The minimum absolute atomic E-state index is 0.115. The average Bonchev–Trinajstić information content (AvgIpc) is 2.92. The van der Waals surface area contributed by atoms with Crippen LogP contribution in [0.5, 0.6) is 0 Å². The largest absolute Gasteiger partial charge is 0.480 e. The van der Waals surface area contributed by atoms with Crippen LogP contribution in [-0.4, -0.2) is 39.2 Å². The molecule has 2 N–H and O–H groups in total. The van der Waals surface area contributed by atoms with Gasteiger partial charge in [0.05, 0.1) is 11.9 Å². The van der Waals surface area contributed by atoms with Gasteiger partial charge in [-0.1, -0.05) is 0 Å². The number of hydrogen-bond acceptors (Lipinski definition) is 4. The number of nitrogens with one attached hydrogen (secondary N) is 1. The number of aliphatic carboxylic acids is 1. The quantitative estimate of drug-likeness (QED) is 0.864. The Morgan fingerprint density at radius 2 is 2.37 bits per heavy atom. The molecule has 0 saturated carbocycles. The molecule has 1 aliphatic rings. The number of rotatable bonds is 3. The lowest BCUT2D eigenvalue weighted by Gasteiger charge is -2.25. The van der Waals surface area contributed by atoms with E-state index in [4.69, 9.17) is 5.11 Å². The fourth-order valence-corrected chi connectivity index (χ4v) is 4.40. The summed E-state index contributed by atoms with van der Waals surface area (Å²) in [6, 6.07) is 0.867. The number of carboxylic acid groups (broad SMARTS) is 1. The third-order valence-corrected chi connectivity index (χ3v) is 5.69. The molecule has 2 atom stereocenters. The summed E-state index contributed by atoms with van der Waals surface area (Å²) in [5, 5.41) is 13.7. The van der Waals surface area contributed by atoms with Crippen LogP contribution < -0.4 is 5.32 Å². The van der Waals surface area contributed by atoms with Gasteiger partial charge in [0, 0.05) is 20.5 Å². The highest BCUT2D eigenvalue weighted by Crippen LogP contribution is 2.28. The van der Waals surface area contributed by atoms with E-state index in [0.717, 1.165) is 9.35 Å². The Kier molecular flexibility index (Phi) is 4.75. The zero-order valence-corrected chi connectivity index (χ0v) is 13.3. The van der Waals surface area contributed by atoms with Crippen LogP contribution >= 0.6 is 39.0 Å². The summed E-state index contributed by atoms with van der Waals surface area (Å²) in [7, 11) is 0. The summed E-state index contributed by atoms with van der Waals surface area (Å²) < 4.78 is 0.982. The van der Waals surface area contributed by atoms with Crippen molar-refractivity contribution in [2.75, 3.05) is 5.75 Å². The van der Waals surface area contributed by atoms with Crippen molar-refractivity contribution in [3.05, 3.63) is 20.8 Å². The molecule has 2 unspecified atom stereocenters. The maximum atomic E-state index is 12.1. The summed E-state index contributed by atoms with van der Waals surface area (Å²) in [6.45, 7) is 2.25. The number of carbonyl (C=O) groups excluding carboxylic acids is 1. The van der Waals surface area contributed by atoms with E-state index in [0.29, 0.717) is 12.3 Å². The molecular formula is C11H13BrN2O3S2. The number of amides is 2. The Morgan fingerprint density at radius 1 is 1.63 bits per heavy atom. The van der Waals surface area contributed by atoms with Gasteiger partial charge in [0.1, 0.15) is 6.04 Å². The topological polar surface area (TPSA) is 69.6 Å². The highest BCUT2D eigenvalue weighted by atomic mass is 79.9. The number of hydrogen-bond donors (Lipinski definition) is 2. The molecule has 0 aliphatic carbocycles. The fraction of sp³-hybridized carbons (Fsp3) is 0.455. The molecule has 1 aromatic heterocycles. The molecular weight excluding hydrogens is 352 g/mol. The number of thiophene rings is 1. The normalized spacial score (nSPS) is 22.5. The fourth-order valence-electron chi connectivity index (χ4n) is 1.84. The third kappa shape index (κ3) is 3.43. The van der Waals surface area contributed by atoms with E-state index in [2.05, 4.69) is 21.2 Å². The zero-order chi connectivity index (χ0) is 14.0. The molecule has 0 aromatic carbocycles. The summed E-state index contributed by atoms with van der Waals surface area (Å²) in [5.41, 5.74) is 0. The molecule has 1 saturated heterocycles. The molecule has 1 fully saturated rings. The molecule has 2 rings (SSSR count). The van der Waals surface area contributed by atoms with E-state index in [9.17, 15) is 9.59 Å². The molecule has 104 valence electrons. The summed E-state index contributed by atoms with van der Waals surface area (Å²) in [4.78, 5) is 25.6. The van der Waals surface area contributed by atoms with E-state index in [1.165, 1.54) is 16.7 Å². The minimum atomic E-state index is -0.953. The summed E-state index contributed by atoms with van der Waals surface area (Å²) in [5.74, 6) is -0.514. The number of urea groups is 1. The van der Waals surface area contributed by atoms with Crippen molar-refractivity contribution in [2.24, 2.45) is 0 Å². The van der Waals surface area contributed by atoms with Crippen LogP contribution in [0.15, 0.2) is 15.9 Å². The molecule has 0 bridgehead atoms.